The second-order valence-electron chi connectivity index (χ2n) is 4.19. The van der Waals surface area contributed by atoms with Gasteiger partial charge >= 0.3 is 11.8 Å². The molecule has 0 fully saturated rings. The minimum atomic E-state index is -0.768. The van der Waals surface area contributed by atoms with Gasteiger partial charge in [0, 0.05) is 16.3 Å². The summed E-state index contributed by atoms with van der Waals surface area (Å²) in [5.74, 6) is -1.43. The van der Waals surface area contributed by atoms with Crippen molar-refractivity contribution in [3.63, 3.8) is 0 Å². The van der Waals surface area contributed by atoms with Gasteiger partial charge in [-0.1, -0.05) is 6.07 Å². The number of rotatable bonds is 3. The molecule has 0 radical (unpaired) electrons. The van der Waals surface area contributed by atoms with Crippen molar-refractivity contribution in [3.05, 3.63) is 48.5 Å². The smallest absolute Gasteiger partial charge is 0.314 e. The number of phenols is 1. The Bertz CT molecular complexity index is 656. The van der Waals surface area contributed by atoms with Gasteiger partial charge in [-0.3, -0.25) is 9.59 Å². The van der Waals surface area contributed by atoms with E-state index in [1.54, 1.807) is 30.0 Å². The number of carbonyl (C=O) groups is 2. The molecule has 0 saturated heterocycles. The summed E-state index contributed by atoms with van der Waals surface area (Å²) in [6, 6.07) is 13.1. The number of carbonyl (C=O) groups excluding carboxylic acids is 2. The number of thioether (sulfide) groups is 1. The van der Waals surface area contributed by atoms with Gasteiger partial charge in [0.15, 0.2) is 0 Å². The Morgan fingerprint density at radius 2 is 1.57 bits per heavy atom. The van der Waals surface area contributed by atoms with E-state index in [-0.39, 0.29) is 5.75 Å². The van der Waals surface area contributed by atoms with Crippen molar-refractivity contribution in [2.24, 2.45) is 0 Å². The first-order valence-electron chi connectivity index (χ1n) is 6.14. The fourth-order valence-electron chi connectivity index (χ4n) is 1.62. The molecule has 0 aliphatic rings. The van der Waals surface area contributed by atoms with Crippen LogP contribution in [0.4, 0.5) is 11.4 Å². The number of nitrogens with one attached hydrogen (secondary N) is 2. The summed E-state index contributed by atoms with van der Waals surface area (Å²) >= 11 is 1.55. The van der Waals surface area contributed by atoms with Crippen molar-refractivity contribution in [3.8, 4) is 5.75 Å². The Morgan fingerprint density at radius 3 is 2.19 bits per heavy atom. The van der Waals surface area contributed by atoms with Gasteiger partial charge in [0.2, 0.25) is 0 Å². The van der Waals surface area contributed by atoms with Gasteiger partial charge in [-0.15, -0.1) is 11.8 Å². The summed E-state index contributed by atoms with van der Waals surface area (Å²) in [7, 11) is 0. The second-order valence-corrected chi connectivity index (χ2v) is 5.07. The summed E-state index contributed by atoms with van der Waals surface area (Å²) < 4.78 is 0. The Balaban J connectivity index is 1.99. The number of hydrogen-bond donors (Lipinski definition) is 3. The van der Waals surface area contributed by atoms with Crippen LogP contribution in [-0.4, -0.2) is 23.2 Å². The molecule has 0 heterocycles. The fourth-order valence-corrected chi connectivity index (χ4v) is 2.08. The highest BCUT2D eigenvalue weighted by atomic mass is 32.2. The molecule has 3 N–H and O–H groups in total. The average molecular weight is 302 g/mol. The molecule has 5 nitrogen and oxygen atoms in total. The van der Waals surface area contributed by atoms with Gasteiger partial charge < -0.3 is 15.7 Å². The lowest BCUT2D eigenvalue weighted by Gasteiger charge is -2.07. The number of phenolic OH excluding ortho intramolecular Hbond substituents is 1. The quantitative estimate of drug-likeness (QED) is 0.463. The molecule has 2 aromatic carbocycles. The molecular weight excluding hydrogens is 288 g/mol. The van der Waals surface area contributed by atoms with E-state index in [9.17, 15) is 9.59 Å². The zero-order chi connectivity index (χ0) is 15.2. The Labute approximate surface area is 126 Å². The Kier molecular flexibility index (Phi) is 4.84. The summed E-state index contributed by atoms with van der Waals surface area (Å²) in [5.41, 5.74) is 0.999. The van der Waals surface area contributed by atoms with Crippen molar-refractivity contribution < 1.29 is 14.7 Å². The van der Waals surface area contributed by atoms with Crippen LogP contribution in [0.2, 0.25) is 0 Å². The molecule has 108 valence electrons. The molecule has 2 amide bonds. The number of hydrogen-bond acceptors (Lipinski definition) is 4. The first-order chi connectivity index (χ1) is 10.1. The molecular formula is C15H14N2O3S. The topological polar surface area (TPSA) is 78.4 Å². The van der Waals surface area contributed by atoms with Gasteiger partial charge in [0.05, 0.1) is 0 Å². The lowest BCUT2D eigenvalue weighted by atomic mass is 10.3. The minimum Gasteiger partial charge on any atom is -0.508 e. The third-order valence-corrected chi connectivity index (χ3v) is 3.38. The van der Waals surface area contributed by atoms with Crippen LogP contribution in [0.3, 0.4) is 0 Å². The predicted octanol–water partition coefficient (Wildman–Crippen LogP) is 2.69. The number of amides is 2. The van der Waals surface area contributed by atoms with E-state index in [4.69, 9.17) is 5.11 Å². The fraction of sp³-hybridized carbons (Fsp3) is 0.0667. The van der Waals surface area contributed by atoms with E-state index in [0.29, 0.717) is 11.4 Å². The number of anilines is 2. The van der Waals surface area contributed by atoms with Crippen LogP contribution in [-0.2, 0) is 9.59 Å². The molecule has 0 bridgehead atoms. The largest absolute Gasteiger partial charge is 0.508 e. The van der Waals surface area contributed by atoms with Gasteiger partial charge in [-0.05, 0) is 48.7 Å². The first kappa shape index (κ1) is 14.9. The average Bonchev–Trinajstić information content (AvgIpc) is 2.49. The van der Waals surface area contributed by atoms with E-state index in [1.807, 2.05) is 12.3 Å². The highest BCUT2D eigenvalue weighted by Crippen LogP contribution is 2.19. The van der Waals surface area contributed by atoms with Crippen LogP contribution in [0.15, 0.2) is 53.4 Å². The van der Waals surface area contributed by atoms with E-state index in [1.165, 1.54) is 24.3 Å². The van der Waals surface area contributed by atoms with E-state index in [2.05, 4.69) is 10.6 Å². The normalized spacial score (nSPS) is 9.95. The standard InChI is InChI=1S/C15H14N2O3S/c1-21-13-4-2-3-11(9-13)17-15(20)14(19)16-10-5-7-12(18)8-6-10/h2-9,18H,1H3,(H,16,19)(H,17,20). The van der Waals surface area contributed by atoms with E-state index >= 15 is 0 Å². The lowest BCUT2D eigenvalue weighted by Crippen LogP contribution is -2.29. The van der Waals surface area contributed by atoms with Gasteiger partial charge in [-0.2, -0.15) is 0 Å². The van der Waals surface area contributed by atoms with Gasteiger partial charge in [0.25, 0.3) is 0 Å². The van der Waals surface area contributed by atoms with Crippen molar-refractivity contribution in [2.45, 2.75) is 4.90 Å². The van der Waals surface area contributed by atoms with Gasteiger partial charge in [0.1, 0.15) is 5.75 Å². The molecule has 0 spiro atoms. The third-order valence-electron chi connectivity index (χ3n) is 2.66. The summed E-state index contributed by atoms with van der Waals surface area (Å²) in [6.07, 6.45) is 1.93. The molecule has 0 saturated carbocycles. The van der Waals surface area contributed by atoms with E-state index in [0.717, 1.165) is 4.90 Å². The summed E-state index contributed by atoms with van der Waals surface area (Å²) in [4.78, 5) is 24.6. The monoisotopic (exact) mass is 302 g/mol. The zero-order valence-corrected chi connectivity index (χ0v) is 12.1. The SMILES string of the molecule is CSc1cccc(NC(=O)C(=O)Nc2ccc(O)cc2)c1. The maximum atomic E-state index is 11.8. The van der Waals surface area contributed by atoms with Crippen molar-refractivity contribution >= 4 is 35.0 Å². The Hall–Kier alpha value is -2.47. The van der Waals surface area contributed by atoms with Crippen molar-refractivity contribution in [1.82, 2.24) is 0 Å². The van der Waals surface area contributed by atoms with E-state index < -0.39 is 11.8 Å². The van der Waals surface area contributed by atoms with Crippen LogP contribution in [0, 0.1) is 0 Å². The summed E-state index contributed by atoms with van der Waals surface area (Å²) in [6.45, 7) is 0. The molecule has 2 aromatic rings. The second kappa shape index (κ2) is 6.81. The highest BCUT2D eigenvalue weighted by molar-refractivity contribution is 7.98. The molecule has 0 unspecified atom stereocenters. The van der Waals surface area contributed by atoms with Crippen molar-refractivity contribution in [2.75, 3.05) is 16.9 Å². The maximum Gasteiger partial charge on any atom is 0.314 e. The molecule has 0 aliphatic heterocycles. The van der Waals surface area contributed by atoms with Crippen molar-refractivity contribution in [1.29, 1.82) is 0 Å². The number of benzene rings is 2. The van der Waals surface area contributed by atoms with Crippen LogP contribution in [0.1, 0.15) is 0 Å². The van der Waals surface area contributed by atoms with Crippen LogP contribution >= 0.6 is 11.8 Å². The summed E-state index contributed by atoms with van der Waals surface area (Å²) in [5, 5.41) is 14.1. The van der Waals surface area contributed by atoms with Crippen LogP contribution < -0.4 is 10.6 Å². The molecule has 6 heteroatoms. The first-order valence-corrected chi connectivity index (χ1v) is 7.36. The molecule has 0 aromatic heterocycles. The molecule has 2 rings (SSSR count). The van der Waals surface area contributed by atoms with Crippen LogP contribution in [0.5, 0.6) is 5.75 Å². The molecule has 21 heavy (non-hydrogen) atoms. The highest BCUT2D eigenvalue weighted by Gasteiger charge is 2.14. The van der Waals surface area contributed by atoms with Crippen LogP contribution in [0.25, 0.3) is 0 Å². The number of aromatic hydroxyl groups is 1. The minimum absolute atomic E-state index is 0.0892. The maximum absolute atomic E-state index is 11.8. The van der Waals surface area contributed by atoms with Gasteiger partial charge in [-0.25, -0.2) is 0 Å². The predicted molar refractivity (Wildman–Crippen MR) is 83.6 cm³/mol. The Morgan fingerprint density at radius 1 is 0.952 bits per heavy atom. The zero-order valence-electron chi connectivity index (χ0n) is 11.3. The molecule has 0 atom stereocenters. The third kappa shape index (κ3) is 4.25. The lowest BCUT2D eigenvalue weighted by molar-refractivity contribution is -0.133. The molecule has 0 aliphatic carbocycles.